The number of rotatable bonds is 3. The second kappa shape index (κ2) is 4.59. The first-order valence-electron chi connectivity index (χ1n) is 4.43. The van der Waals surface area contributed by atoms with Gasteiger partial charge in [0, 0.05) is 22.0 Å². The van der Waals surface area contributed by atoms with Gasteiger partial charge in [0.25, 0.3) is 0 Å². The molecule has 2 rings (SSSR count). The van der Waals surface area contributed by atoms with Crippen molar-refractivity contribution in [1.82, 2.24) is 4.98 Å². The van der Waals surface area contributed by atoms with Gasteiger partial charge in [-0.1, -0.05) is 17.8 Å². The van der Waals surface area contributed by atoms with Crippen molar-refractivity contribution in [3.8, 4) is 0 Å². The van der Waals surface area contributed by atoms with Crippen LogP contribution < -0.4 is 0 Å². The summed E-state index contributed by atoms with van der Waals surface area (Å²) in [7, 11) is 0. The molecule has 0 saturated heterocycles. The summed E-state index contributed by atoms with van der Waals surface area (Å²) >= 11 is 3.23. The SMILES string of the molecule is Cc1cc(Sc2nccs2)ccc1C=O. The van der Waals surface area contributed by atoms with E-state index in [0.717, 1.165) is 26.6 Å². The summed E-state index contributed by atoms with van der Waals surface area (Å²) < 4.78 is 1.02. The van der Waals surface area contributed by atoms with Gasteiger partial charge in [0.2, 0.25) is 0 Å². The highest BCUT2D eigenvalue weighted by atomic mass is 32.2. The summed E-state index contributed by atoms with van der Waals surface area (Å²) in [5.41, 5.74) is 1.75. The Morgan fingerprint density at radius 2 is 2.33 bits per heavy atom. The smallest absolute Gasteiger partial charge is 0.154 e. The van der Waals surface area contributed by atoms with Gasteiger partial charge in [-0.2, -0.15) is 0 Å². The molecule has 0 spiro atoms. The molecule has 2 nitrogen and oxygen atoms in total. The maximum atomic E-state index is 10.6. The molecule has 0 unspecified atom stereocenters. The topological polar surface area (TPSA) is 30.0 Å². The predicted octanol–water partition coefficient (Wildman–Crippen LogP) is 3.42. The molecule has 0 atom stereocenters. The van der Waals surface area contributed by atoms with Crippen LogP contribution in [0.2, 0.25) is 0 Å². The van der Waals surface area contributed by atoms with Gasteiger partial charge in [0.1, 0.15) is 6.29 Å². The molecular formula is C11H9NOS2. The van der Waals surface area contributed by atoms with Crippen molar-refractivity contribution >= 4 is 29.4 Å². The molecule has 0 fully saturated rings. The zero-order chi connectivity index (χ0) is 10.7. The second-order valence-electron chi connectivity index (χ2n) is 3.04. The Labute approximate surface area is 96.4 Å². The summed E-state index contributed by atoms with van der Waals surface area (Å²) in [5.74, 6) is 0. The number of hydrogen-bond donors (Lipinski definition) is 0. The summed E-state index contributed by atoms with van der Waals surface area (Å²) in [4.78, 5) is 16.0. The number of carbonyl (C=O) groups is 1. The number of nitrogens with zero attached hydrogens (tertiary/aromatic N) is 1. The standard InChI is InChI=1S/C11H9NOS2/c1-8-6-10(3-2-9(8)7-13)15-11-12-4-5-14-11/h2-7H,1H3. The van der Waals surface area contributed by atoms with Crippen LogP contribution in [0.3, 0.4) is 0 Å². The monoisotopic (exact) mass is 235 g/mol. The number of hydrogen-bond acceptors (Lipinski definition) is 4. The third-order valence-electron chi connectivity index (χ3n) is 1.98. The van der Waals surface area contributed by atoms with E-state index in [1.807, 2.05) is 30.5 Å². The van der Waals surface area contributed by atoms with E-state index in [1.54, 1.807) is 29.3 Å². The molecule has 76 valence electrons. The Balaban J connectivity index is 2.23. The maximum absolute atomic E-state index is 10.6. The van der Waals surface area contributed by atoms with E-state index < -0.39 is 0 Å². The molecule has 0 aliphatic rings. The Kier molecular flexibility index (Phi) is 3.18. The number of carbonyl (C=O) groups excluding carboxylic acids is 1. The molecule has 1 aromatic heterocycles. The van der Waals surface area contributed by atoms with E-state index in [9.17, 15) is 4.79 Å². The van der Waals surface area contributed by atoms with Crippen LogP contribution in [0.5, 0.6) is 0 Å². The first-order chi connectivity index (χ1) is 7.29. The van der Waals surface area contributed by atoms with E-state index in [2.05, 4.69) is 4.98 Å². The van der Waals surface area contributed by atoms with Gasteiger partial charge in [0.15, 0.2) is 4.34 Å². The summed E-state index contributed by atoms with van der Waals surface area (Å²) in [6.07, 6.45) is 2.67. The fraction of sp³-hybridized carbons (Fsp3) is 0.0909. The maximum Gasteiger partial charge on any atom is 0.154 e. The molecule has 4 heteroatoms. The minimum Gasteiger partial charge on any atom is -0.298 e. The highest BCUT2D eigenvalue weighted by Crippen LogP contribution is 2.29. The van der Waals surface area contributed by atoms with Gasteiger partial charge in [-0.05, 0) is 24.6 Å². The molecule has 1 aromatic carbocycles. The molecule has 1 heterocycles. The summed E-state index contributed by atoms with van der Waals surface area (Å²) in [6.45, 7) is 1.94. The molecule has 0 saturated carbocycles. The van der Waals surface area contributed by atoms with Crippen molar-refractivity contribution in [2.45, 2.75) is 16.2 Å². The van der Waals surface area contributed by atoms with Crippen molar-refractivity contribution < 1.29 is 4.79 Å². The van der Waals surface area contributed by atoms with E-state index in [4.69, 9.17) is 0 Å². The van der Waals surface area contributed by atoms with Gasteiger partial charge in [-0.15, -0.1) is 11.3 Å². The first-order valence-corrected chi connectivity index (χ1v) is 6.12. The molecule has 2 aromatic rings. The number of aryl methyl sites for hydroxylation is 1. The lowest BCUT2D eigenvalue weighted by Gasteiger charge is -2.01. The van der Waals surface area contributed by atoms with Crippen LogP contribution in [-0.4, -0.2) is 11.3 Å². The summed E-state index contributed by atoms with van der Waals surface area (Å²) in [6, 6.07) is 5.80. The van der Waals surface area contributed by atoms with Gasteiger partial charge < -0.3 is 0 Å². The van der Waals surface area contributed by atoms with Crippen molar-refractivity contribution in [2.75, 3.05) is 0 Å². The highest BCUT2D eigenvalue weighted by Gasteiger charge is 2.02. The Bertz CT molecular complexity index is 465. The third-order valence-corrected chi connectivity index (χ3v) is 3.86. The minimum absolute atomic E-state index is 0.749. The van der Waals surface area contributed by atoms with E-state index in [1.165, 1.54) is 0 Å². The Morgan fingerprint density at radius 3 is 2.93 bits per heavy atom. The largest absolute Gasteiger partial charge is 0.298 e. The fourth-order valence-corrected chi connectivity index (χ4v) is 2.90. The van der Waals surface area contributed by atoms with Crippen LogP contribution in [0, 0.1) is 6.92 Å². The molecule has 0 aliphatic heterocycles. The van der Waals surface area contributed by atoms with Crippen molar-refractivity contribution in [3.05, 3.63) is 40.9 Å². The third kappa shape index (κ3) is 2.46. The molecule has 0 amide bonds. The molecular weight excluding hydrogens is 226 g/mol. The predicted molar refractivity (Wildman–Crippen MR) is 62.8 cm³/mol. The summed E-state index contributed by atoms with van der Waals surface area (Å²) in [5, 5.41) is 1.95. The van der Waals surface area contributed by atoms with Gasteiger partial charge in [0.05, 0.1) is 0 Å². The van der Waals surface area contributed by atoms with Crippen LogP contribution in [0.1, 0.15) is 15.9 Å². The van der Waals surface area contributed by atoms with Crippen LogP contribution in [0.4, 0.5) is 0 Å². The van der Waals surface area contributed by atoms with E-state index >= 15 is 0 Å². The molecule has 0 bridgehead atoms. The number of aldehydes is 1. The number of thiazole rings is 1. The number of benzene rings is 1. The number of aromatic nitrogens is 1. The average molecular weight is 235 g/mol. The lowest BCUT2D eigenvalue weighted by Crippen LogP contribution is -1.85. The van der Waals surface area contributed by atoms with E-state index in [0.29, 0.717) is 0 Å². The van der Waals surface area contributed by atoms with Gasteiger partial charge >= 0.3 is 0 Å². The van der Waals surface area contributed by atoms with Crippen LogP contribution in [-0.2, 0) is 0 Å². The van der Waals surface area contributed by atoms with Crippen LogP contribution >= 0.6 is 23.1 Å². The molecule has 15 heavy (non-hydrogen) atoms. The molecule has 0 aliphatic carbocycles. The van der Waals surface area contributed by atoms with Crippen molar-refractivity contribution in [3.63, 3.8) is 0 Å². The van der Waals surface area contributed by atoms with Crippen LogP contribution in [0.15, 0.2) is 39.0 Å². The quantitative estimate of drug-likeness (QED) is 0.764. The molecule has 0 radical (unpaired) electrons. The Hall–Kier alpha value is -1.13. The zero-order valence-corrected chi connectivity index (χ0v) is 9.77. The normalized spacial score (nSPS) is 10.2. The fourth-order valence-electron chi connectivity index (χ4n) is 1.21. The lowest BCUT2D eigenvalue weighted by atomic mass is 10.1. The average Bonchev–Trinajstić information content (AvgIpc) is 2.71. The van der Waals surface area contributed by atoms with Crippen molar-refractivity contribution in [1.29, 1.82) is 0 Å². The van der Waals surface area contributed by atoms with E-state index in [-0.39, 0.29) is 0 Å². The van der Waals surface area contributed by atoms with Crippen LogP contribution in [0.25, 0.3) is 0 Å². The Morgan fingerprint density at radius 1 is 1.47 bits per heavy atom. The highest BCUT2D eigenvalue weighted by molar-refractivity contribution is 8.01. The van der Waals surface area contributed by atoms with Gasteiger partial charge in [-0.3, -0.25) is 4.79 Å². The zero-order valence-electron chi connectivity index (χ0n) is 8.14. The second-order valence-corrected chi connectivity index (χ2v) is 5.25. The lowest BCUT2D eigenvalue weighted by molar-refractivity contribution is 0.112. The van der Waals surface area contributed by atoms with Crippen molar-refractivity contribution in [2.24, 2.45) is 0 Å². The molecule has 0 N–H and O–H groups in total. The minimum atomic E-state index is 0.749. The first kappa shape index (κ1) is 10.4. The van der Waals surface area contributed by atoms with Gasteiger partial charge in [-0.25, -0.2) is 4.98 Å².